The van der Waals surface area contributed by atoms with Crippen LogP contribution in [-0.2, 0) is 11.4 Å². The Balaban J connectivity index is 1.64. The summed E-state index contributed by atoms with van der Waals surface area (Å²) >= 11 is 7.75. The van der Waals surface area contributed by atoms with E-state index in [0.717, 1.165) is 10.4 Å². The van der Waals surface area contributed by atoms with E-state index >= 15 is 0 Å². The molecule has 0 radical (unpaired) electrons. The fourth-order valence-electron chi connectivity index (χ4n) is 1.81. The first-order valence-corrected chi connectivity index (χ1v) is 7.35. The maximum atomic E-state index is 6.14. The fraction of sp³-hybridized carbons (Fsp3) is 0.214. The predicted molar refractivity (Wildman–Crippen MR) is 79.1 cm³/mol. The number of thiophene rings is 1. The SMILES string of the molecule is Clc1cc(CO/N=C/c2cccs2)cc2c1OCCO2. The minimum absolute atomic E-state index is 0.332. The molecule has 0 N–H and O–H groups in total. The van der Waals surface area contributed by atoms with Gasteiger partial charge in [0.1, 0.15) is 19.8 Å². The van der Waals surface area contributed by atoms with Crippen LogP contribution < -0.4 is 9.47 Å². The second kappa shape index (κ2) is 6.15. The quantitative estimate of drug-likeness (QED) is 0.638. The maximum Gasteiger partial charge on any atom is 0.179 e. The van der Waals surface area contributed by atoms with E-state index in [1.54, 1.807) is 23.6 Å². The van der Waals surface area contributed by atoms with Crippen molar-refractivity contribution in [3.8, 4) is 11.5 Å². The van der Waals surface area contributed by atoms with Gasteiger partial charge >= 0.3 is 0 Å². The van der Waals surface area contributed by atoms with Gasteiger partial charge in [-0.15, -0.1) is 11.3 Å². The number of oxime groups is 1. The topological polar surface area (TPSA) is 40.0 Å². The van der Waals surface area contributed by atoms with Crippen molar-refractivity contribution in [1.82, 2.24) is 0 Å². The first-order chi connectivity index (χ1) is 9.83. The minimum Gasteiger partial charge on any atom is -0.486 e. The Kier molecular flexibility index (Phi) is 4.08. The average molecular weight is 310 g/mol. The molecule has 1 aliphatic heterocycles. The molecular weight excluding hydrogens is 298 g/mol. The van der Waals surface area contributed by atoms with Crippen molar-refractivity contribution in [3.05, 3.63) is 45.1 Å². The highest BCUT2D eigenvalue weighted by Crippen LogP contribution is 2.38. The molecule has 0 saturated heterocycles. The number of hydrogen-bond acceptors (Lipinski definition) is 5. The molecule has 104 valence electrons. The Labute approximate surface area is 125 Å². The first-order valence-electron chi connectivity index (χ1n) is 6.10. The molecule has 3 rings (SSSR count). The molecule has 6 heteroatoms. The number of rotatable bonds is 4. The van der Waals surface area contributed by atoms with E-state index in [1.165, 1.54) is 0 Å². The monoisotopic (exact) mass is 309 g/mol. The van der Waals surface area contributed by atoms with Gasteiger partial charge in [-0.3, -0.25) is 0 Å². The van der Waals surface area contributed by atoms with Crippen LogP contribution in [0.5, 0.6) is 11.5 Å². The molecule has 0 bridgehead atoms. The lowest BCUT2D eigenvalue weighted by Gasteiger charge is -2.20. The number of nitrogens with zero attached hydrogens (tertiary/aromatic N) is 1. The van der Waals surface area contributed by atoms with E-state index in [-0.39, 0.29) is 0 Å². The Hall–Kier alpha value is -1.72. The molecule has 2 heterocycles. The first kappa shape index (κ1) is 13.3. The molecule has 0 unspecified atom stereocenters. The molecular formula is C14H12ClNO3S. The summed E-state index contributed by atoms with van der Waals surface area (Å²) in [4.78, 5) is 6.31. The number of ether oxygens (including phenoxy) is 2. The molecule has 0 aliphatic carbocycles. The van der Waals surface area contributed by atoms with E-state index in [1.807, 2.05) is 23.6 Å². The second-order valence-corrected chi connectivity index (χ2v) is 5.51. The zero-order chi connectivity index (χ0) is 13.8. The van der Waals surface area contributed by atoms with Crippen LogP contribution in [0, 0.1) is 0 Å². The second-order valence-electron chi connectivity index (χ2n) is 4.13. The summed E-state index contributed by atoms with van der Waals surface area (Å²) in [5, 5.41) is 6.44. The number of halogens is 1. The van der Waals surface area contributed by atoms with Gasteiger partial charge in [-0.25, -0.2) is 0 Å². The molecule has 1 aromatic carbocycles. The van der Waals surface area contributed by atoms with Crippen molar-refractivity contribution in [2.45, 2.75) is 6.61 Å². The Morgan fingerprint density at radius 2 is 2.25 bits per heavy atom. The molecule has 0 saturated carbocycles. The van der Waals surface area contributed by atoms with Crippen molar-refractivity contribution in [3.63, 3.8) is 0 Å². The van der Waals surface area contributed by atoms with Crippen LogP contribution >= 0.6 is 22.9 Å². The van der Waals surface area contributed by atoms with Gasteiger partial charge in [0.05, 0.1) is 11.2 Å². The van der Waals surface area contributed by atoms with Crippen molar-refractivity contribution in [2.75, 3.05) is 13.2 Å². The van der Waals surface area contributed by atoms with E-state index in [2.05, 4.69) is 5.16 Å². The Morgan fingerprint density at radius 3 is 3.10 bits per heavy atom. The summed E-state index contributed by atoms with van der Waals surface area (Å²) in [5.41, 5.74) is 0.891. The summed E-state index contributed by atoms with van der Waals surface area (Å²) < 4.78 is 11.0. The smallest absolute Gasteiger partial charge is 0.179 e. The van der Waals surface area contributed by atoms with Gasteiger partial charge in [0.2, 0.25) is 0 Å². The molecule has 0 spiro atoms. The molecule has 4 nitrogen and oxygen atoms in total. The van der Waals surface area contributed by atoms with Crippen molar-refractivity contribution < 1.29 is 14.3 Å². The van der Waals surface area contributed by atoms with Crippen molar-refractivity contribution >= 4 is 29.2 Å². The molecule has 0 atom stereocenters. The minimum atomic E-state index is 0.332. The zero-order valence-electron chi connectivity index (χ0n) is 10.5. The van der Waals surface area contributed by atoms with Crippen LogP contribution in [0.1, 0.15) is 10.4 Å². The summed E-state index contributed by atoms with van der Waals surface area (Å²) in [7, 11) is 0. The third-order valence-corrected chi connectivity index (χ3v) is 3.77. The van der Waals surface area contributed by atoms with Crippen LogP contribution in [0.2, 0.25) is 5.02 Å². The Bertz CT molecular complexity index is 613. The van der Waals surface area contributed by atoms with Crippen LogP contribution in [0.15, 0.2) is 34.8 Å². The van der Waals surface area contributed by atoms with E-state index in [4.69, 9.17) is 25.9 Å². The van der Waals surface area contributed by atoms with E-state index in [9.17, 15) is 0 Å². The lowest BCUT2D eigenvalue weighted by Crippen LogP contribution is -2.15. The molecule has 20 heavy (non-hydrogen) atoms. The largest absolute Gasteiger partial charge is 0.486 e. The predicted octanol–water partition coefficient (Wildman–Crippen LogP) is 3.72. The van der Waals surface area contributed by atoms with Gasteiger partial charge in [-0.05, 0) is 29.1 Å². The third kappa shape index (κ3) is 3.05. The molecule has 0 fully saturated rings. The van der Waals surface area contributed by atoms with Crippen molar-refractivity contribution in [2.24, 2.45) is 5.16 Å². The fourth-order valence-corrected chi connectivity index (χ4v) is 2.68. The number of hydrogen-bond donors (Lipinski definition) is 0. The number of benzene rings is 1. The van der Waals surface area contributed by atoms with E-state index in [0.29, 0.717) is 36.3 Å². The molecule has 2 aromatic rings. The van der Waals surface area contributed by atoms with Gasteiger partial charge < -0.3 is 14.3 Å². The standard InChI is InChI=1S/C14H12ClNO3S/c15-12-6-10(7-13-14(12)18-4-3-17-13)9-19-16-8-11-2-1-5-20-11/h1-2,5-8H,3-4,9H2/b16-8+. The van der Waals surface area contributed by atoms with Crippen LogP contribution in [0.4, 0.5) is 0 Å². The van der Waals surface area contributed by atoms with E-state index < -0.39 is 0 Å². The molecule has 0 amide bonds. The van der Waals surface area contributed by atoms with Crippen LogP contribution in [0.3, 0.4) is 0 Å². The number of fused-ring (bicyclic) bond motifs is 1. The third-order valence-electron chi connectivity index (χ3n) is 2.69. The van der Waals surface area contributed by atoms with Gasteiger partial charge in [-0.2, -0.15) is 0 Å². The summed E-state index contributed by atoms with van der Waals surface area (Å²) in [6.45, 7) is 1.38. The highest BCUT2D eigenvalue weighted by atomic mass is 35.5. The van der Waals surface area contributed by atoms with Gasteiger partial charge in [0.25, 0.3) is 0 Å². The zero-order valence-corrected chi connectivity index (χ0v) is 12.1. The van der Waals surface area contributed by atoms with Gasteiger partial charge in [0, 0.05) is 4.88 Å². The van der Waals surface area contributed by atoms with Crippen molar-refractivity contribution in [1.29, 1.82) is 0 Å². The van der Waals surface area contributed by atoms with Crippen LogP contribution in [0.25, 0.3) is 0 Å². The van der Waals surface area contributed by atoms with Gasteiger partial charge in [-0.1, -0.05) is 22.8 Å². The normalized spacial score (nSPS) is 13.7. The molecule has 1 aliphatic rings. The van der Waals surface area contributed by atoms with Crippen LogP contribution in [-0.4, -0.2) is 19.4 Å². The lowest BCUT2D eigenvalue weighted by molar-refractivity contribution is 0.131. The maximum absolute atomic E-state index is 6.14. The summed E-state index contributed by atoms with van der Waals surface area (Å²) in [5.74, 6) is 1.26. The average Bonchev–Trinajstić information content (AvgIpc) is 2.97. The Morgan fingerprint density at radius 1 is 1.35 bits per heavy atom. The molecule has 1 aromatic heterocycles. The van der Waals surface area contributed by atoms with Gasteiger partial charge in [0.15, 0.2) is 11.5 Å². The lowest BCUT2D eigenvalue weighted by atomic mass is 10.2. The highest BCUT2D eigenvalue weighted by molar-refractivity contribution is 7.11. The summed E-state index contributed by atoms with van der Waals surface area (Å²) in [6.07, 6.45) is 1.68. The highest BCUT2D eigenvalue weighted by Gasteiger charge is 2.16. The summed E-state index contributed by atoms with van der Waals surface area (Å²) in [6, 6.07) is 7.60.